The van der Waals surface area contributed by atoms with E-state index in [1.165, 1.54) is 11.0 Å². The molecule has 1 aromatic heterocycles. The van der Waals surface area contributed by atoms with Gasteiger partial charge in [-0.2, -0.15) is 18.4 Å². The Morgan fingerprint density at radius 2 is 1.58 bits per heavy atom. The lowest BCUT2D eigenvalue weighted by atomic mass is 9.85. The molecular weight excluding hydrogens is 1010 g/mol. The average Bonchev–Trinajstić information content (AvgIpc) is 4.05. The topological polar surface area (TPSA) is 180 Å². The van der Waals surface area contributed by atoms with Crippen LogP contribution < -0.4 is 25.0 Å². The summed E-state index contributed by atoms with van der Waals surface area (Å²) in [6.45, 7) is 6.64. The Morgan fingerprint density at radius 3 is 2.32 bits per heavy atom. The molecule has 3 N–H and O–H groups in total. The van der Waals surface area contributed by atoms with Gasteiger partial charge in [0.1, 0.15) is 30.7 Å². The molecule has 2 atom stereocenters. The van der Waals surface area contributed by atoms with Crippen LogP contribution in [0.4, 0.5) is 24.5 Å². The van der Waals surface area contributed by atoms with Crippen LogP contribution in [0.1, 0.15) is 99.2 Å². The van der Waals surface area contributed by atoms with E-state index in [1.54, 1.807) is 60.7 Å². The van der Waals surface area contributed by atoms with Crippen molar-refractivity contribution in [2.75, 3.05) is 82.3 Å². The molecule has 416 valence electrons. The third kappa shape index (κ3) is 12.5. The maximum absolute atomic E-state index is 15.2. The number of carbonyl (C=O) groups is 5. The Balaban J connectivity index is 0.655. The number of amides is 3. The van der Waals surface area contributed by atoms with Crippen LogP contribution in [0, 0.1) is 23.2 Å². The van der Waals surface area contributed by atoms with Crippen LogP contribution in [0.5, 0.6) is 11.5 Å². The van der Waals surface area contributed by atoms with E-state index in [0.717, 1.165) is 108 Å². The van der Waals surface area contributed by atoms with Crippen molar-refractivity contribution in [1.82, 2.24) is 25.0 Å². The Kier molecular flexibility index (Phi) is 17.0. The first-order chi connectivity index (χ1) is 38.3. The molecule has 18 heteroatoms. The number of benzene rings is 4. The third-order valence-corrected chi connectivity index (χ3v) is 17.1. The molecule has 4 aliphatic heterocycles. The smallest absolute Gasteiger partial charge is 0.428 e. The zero-order chi connectivity index (χ0) is 55.1. The second kappa shape index (κ2) is 24.4. The lowest BCUT2D eigenvalue weighted by Gasteiger charge is -2.43. The molecule has 5 heterocycles. The van der Waals surface area contributed by atoms with Gasteiger partial charge in [0.15, 0.2) is 0 Å². The number of piperazine rings is 1. The zero-order valence-electron chi connectivity index (χ0n) is 44.5. The molecule has 4 aromatic carbocycles. The van der Waals surface area contributed by atoms with Crippen molar-refractivity contribution < 1.29 is 46.6 Å². The van der Waals surface area contributed by atoms with Crippen molar-refractivity contribution in [2.45, 2.75) is 100 Å². The number of nitrogens with zero attached hydrogens (tertiary/aromatic N) is 5. The molecule has 3 saturated heterocycles. The highest BCUT2D eigenvalue weighted by Crippen LogP contribution is 2.46. The summed E-state index contributed by atoms with van der Waals surface area (Å²) in [6.07, 6.45) is 2.35. The van der Waals surface area contributed by atoms with Crippen molar-refractivity contribution >= 4 is 52.6 Å². The van der Waals surface area contributed by atoms with E-state index < -0.39 is 36.4 Å². The number of likely N-dealkylation sites (tertiary alicyclic amines) is 1. The summed E-state index contributed by atoms with van der Waals surface area (Å²) in [4.78, 5) is 75.0. The molecular formula is C61H69F3N8O7. The molecule has 0 radical (unpaired) electrons. The summed E-state index contributed by atoms with van der Waals surface area (Å²) < 4.78 is 57.7. The number of aromatic nitrogens is 1. The maximum Gasteiger partial charge on any atom is 0.428 e. The van der Waals surface area contributed by atoms with Gasteiger partial charge in [-0.1, -0.05) is 30.3 Å². The molecule has 3 amide bonds. The Bertz CT molecular complexity index is 3030. The number of ether oxygens (including phenoxy) is 2. The highest BCUT2D eigenvalue weighted by molar-refractivity contribution is 6.01. The van der Waals surface area contributed by atoms with Crippen LogP contribution in [-0.2, 0) is 24.0 Å². The SMILES string of the molecule is N#Cc1cccc2[nH]c(-c3ccccc3OC3(C(F)(F)F)CCN(C(=O)C4CC(=O)Nc5ccc(OCCNC6CCC(C(=O)N7CCN(CC8CCN(c9cccc(C(C=O)CCC=O)c9)CC8)CC7)CC6)cc54)CC3)cc12. The molecule has 5 aliphatic rings. The number of nitriles is 1. The van der Waals surface area contributed by atoms with Crippen LogP contribution in [-0.4, -0.2) is 140 Å². The van der Waals surface area contributed by atoms with Crippen molar-refractivity contribution in [3.05, 3.63) is 108 Å². The lowest BCUT2D eigenvalue weighted by molar-refractivity contribution is -0.260. The molecule has 79 heavy (non-hydrogen) atoms. The van der Waals surface area contributed by atoms with Gasteiger partial charge in [-0.05, 0) is 123 Å². The minimum atomic E-state index is -4.78. The van der Waals surface area contributed by atoms with Gasteiger partial charge in [-0.15, -0.1) is 0 Å². The summed E-state index contributed by atoms with van der Waals surface area (Å²) in [7, 11) is 0. The van der Waals surface area contributed by atoms with Crippen molar-refractivity contribution in [1.29, 1.82) is 5.26 Å². The van der Waals surface area contributed by atoms with E-state index in [9.17, 15) is 29.2 Å². The van der Waals surface area contributed by atoms with Gasteiger partial charge in [0.2, 0.25) is 23.3 Å². The number of fused-ring (bicyclic) bond motifs is 2. The number of carbonyl (C=O) groups excluding carboxylic acids is 5. The molecule has 1 aliphatic carbocycles. The lowest BCUT2D eigenvalue weighted by Crippen LogP contribution is -2.58. The number of H-pyrrole nitrogens is 1. The van der Waals surface area contributed by atoms with E-state index in [2.05, 4.69) is 48.5 Å². The van der Waals surface area contributed by atoms with Crippen molar-refractivity contribution in [3.63, 3.8) is 0 Å². The quantitative estimate of drug-likeness (QED) is 0.0563. The molecule has 10 rings (SSSR count). The van der Waals surface area contributed by atoms with Gasteiger partial charge in [-0.3, -0.25) is 19.3 Å². The average molecular weight is 1080 g/mol. The first-order valence-electron chi connectivity index (χ1n) is 28.0. The predicted octanol–water partition coefficient (Wildman–Crippen LogP) is 8.98. The summed E-state index contributed by atoms with van der Waals surface area (Å²) in [6, 6.07) is 29.1. The van der Waals surface area contributed by atoms with Crippen molar-refractivity contribution in [2.24, 2.45) is 11.8 Å². The van der Waals surface area contributed by atoms with Gasteiger partial charge in [0.25, 0.3) is 0 Å². The highest BCUT2D eigenvalue weighted by atomic mass is 19.4. The van der Waals surface area contributed by atoms with Crippen LogP contribution in [0.15, 0.2) is 91.0 Å². The number of para-hydroxylation sites is 1. The monoisotopic (exact) mass is 1080 g/mol. The number of hydrogen-bond acceptors (Lipinski definition) is 11. The fraction of sp³-hybridized carbons (Fsp3) is 0.475. The number of halogens is 3. The Hall–Kier alpha value is -7.23. The number of piperidine rings is 2. The third-order valence-electron chi connectivity index (χ3n) is 17.1. The van der Waals surface area contributed by atoms with Crippen molar-refractivity contribution in [3.8, 4) is 28.8 Å². The van der Waals surface area contributed by atoms with Gasteiger partial charge in [0, 0.05) is 137 Å². The zero-order valence-corrected chi connectivity index (χ0v) is 44.5. The molecule has 1 saturated carbocycles. The Labute approximate surface area is 458 Å². The molecule has 0 spiro atoms. The van der Waals surface area contributed by atoms with E-state index in [1.807, 2.05) is 12.1 Å². The molecule has 15 nitrogen and oxygen atoms in total. The molecule has 4 fully saturated rings. The largest absolute Gasteiger partial charge is 0.492 e. The Morgan fingerprint density at radius 1 is 0.835 bits per heavy atom. The maximum atomic E-state index is 15.2. The van der Waals surface area contributed by atoms with Gasteiger partial charge in [0.05, 0.1) is 23.2 Å². The van der Waals surface area contributed by atoms with Crippen LogP contribution in [0.25, 0.3) is 22.2 Å². The summed E-state index contributed by atoms with van der Waals surface area (Å²) in [5, 5.41) is 16.7. The summed E-state index contributed by atoms with van der Waals surface area (Å²) in [5.41, 5.74) is 2.52. The first-order valence-corrected chi connectivity index (χ1v) is 28.0. The minimum absolute atomic E-state index is 0.0208. The number of anilines is 2. The first kappa shape index (κ1) is 55.1. The van der Waals surface area contributed by atoms with Crippen LogP contribution in [0.3, 0.4) is 0 Å². The number of aromatic amines is 1. The summed E-state index contributed by atoms with van der Waals surface area (Å²) in [5.74, 6) is -0.559. The normalized spacial score (nSPS) is 21.4. The highest BCUT2D eigenvalue weighted by Gasteiger charge is 2.59. The van der Waals surface area contributed by atoms with E-state index >= 15 is 13.2 Å². The molecule has 5 aromatic rings. The van der Waals surface area contributed by atoms with E-state index in [4.69, 9.17) is 9.47 Å². The van der Waals surface area contributed by atoms with Crippen LogP contribution in [0.2, 0.25) is 0 Å². The standard InChI is InChI=1S/C61H69F3N8O7/c62-61(63,64)60(79-56-12-2-1-10-49(56)55-36-50-44(38-65)7-4-11-53(50)67-55)21-26-71(27-22-60)59(77)52-37-57(75)68-54-18-17-48(35-51(52)54)78-33-23-66-46-15-13-42(14-16-46)58(76)72-30-28-69(29-31-72)39-41-19-24-70(25-20-41)47-9-3-6-43(34-47)45(40-74)8-5-32-73/h1-4,6-7,9-12,17-18,32,34-36,40-42,45-46,52,66-67H,5,8,13-16,19-31,33,37,39H2,(H,68,75). The van der Waals surface area contributed by atoms with E-state index in [0.29, 0.717) is 76.6 Å². The molecule has 0 bridgehead atoms. The number of alkyl halides is 3. The van der Waals surface area contributed by atoms with E-state index in [-0.39, 0.29) is 55.0 Å². The minimum Gasteiger partial charge on any atom is -0.492 e. The van der Waals surface area contributed by atoms with Gasteiger partial charge < -0.3 is 49.4 Å². The number of hydrogen-bond donors (Lipinski definition) is 3. The number of aldehydes is 2. The van der Waals surface area contributed by atoms with Crippen LogP contribution >= 0.6 is 0 Å². The fourth-order valence-corrected chi connectivity index (χ4v) is 12.5. The number of rotatable bonds is 18. The molecule has 2 unspecified atom stereocenters. The second-order valence-corrected chi connectivity index (χ2v) is 22.0. The summed E-state index contributed by atoms with van der Waals surface area (Å²) >= 11 is 0. The van der Waals surface area contributed by atoms with Gasteiger partial charge in [-0.25, -0.2) is 0 Å². The number of nitrogens with one attached hydrogen (secondary N) is 3. The fourth-order valence-electron chi connectivity index (χ4n) is 12.5. The predicted molar refractivity (Wildman–Crippen MR) is 294 cm³/mol. The van der Waals surface area contributed by atoms with Gasteiger partial charge >= 0.3 is 6.18 Å². The second-order valence-electron chi connectivity index (χ2n) is 22.0.